The number of aryl methyl sites for hydroxylation is 2. The van der Waals surface area contributed by atoms with Gasteiger partial charge in [-0.05, 0) is 74.6 Å². The summed E-state index contributed by atoms with van der Waals surface area (Å²) in [5.41, 5.74) is 3.09. The van der Waals surface area contributed by atoms with E-state index in [1.54, 1.807) is 20.3 Å². The molecule has 2 aliphatic rings. The fourth-order valence-electron chi connectivity index (χ4n) is 3.85. The van der Waals surface area contributed by atoms with Gasteiger partial charge in [0.15, 0.2) is 11.5 Å². The number of ether oxygens (including phenoxy) is 4. The quantitative estimate of drug-likeness (QED) is 0.391. The van der Waals surface area contributed by atoms with Gasteiger partial charge < -0.3 is 18.9 Å². The predicted octanol–water partition coefficient (Wildman–Crippen LogP) is 9.55. The van der Waals surface area contributed by atoms with Gasteiger partial charge in [-0.15, -0.1) is 0 Å². The third kappa shape index (κ3) is 15.3. The lowest BCUT2D eigenvalue weighted by Gasteiger charge is -2.23. The molecule has 0 aromatic heterocycles. The maximum atomic E-state index is 13.5. The molecule has 0 aliphatic carbocycles. The molecule has 0 atom stereocenters. The zero-order chi connectivity index (χ0) is 29.3. The van der Waals surface area contributed by atoms with Crippen LogP contribution in [0, 0.1) is 25.6 Å². The largest absolute Gasteiger partial charge is 0.493 e. The normalized spacial score (nSPS) is 14.6. The van der Waals surface area contributed by atoms with Crippen LogP contribution in [-0.2, 0) is 9.47 Å². The fourth-order valence-corrected chi connectivity index (χ4v) is 3.85. The second-order valence-electron chi connectivity index (χ2n) is 8.52. The van der Waals surface area contributed by atoms with Crippen molar-refractivity contribution in [3.63, 3.8) is 0 Å². The van der Waals surface area contributed by atoms with E-state index in [-0.39, 0.29) is 5.82 Å². The Labute approximate surface area is 234 Å². The van der Waals surface area contributed by atoms with Crippen LogP contribution in [0.3, 0.4) is 0 Å². The SMILES string of the molecule is CC.CC.CC.CC1CCOCC1.COc1cccc(C)c1OC.Cc1ccc(F)c(C2CCOCC2)c1. The Morgan fingerprint density at radius 3 is 1.68 bits per heavy atom. The van der Waals surface area contributed by atoms with E-state index in [9.17, 15) is 4.39 Å². The highest BCUT2D eigenvalue weighted by atomic mass is 19.1. The van der Waals surface area contributed by atoms with Gasteiger partial charge in [-0.3, -0.25) is 0 Å². The smallest absolute Gasteiger partial charge is 0.163 e. The maximum absolute atomic E-state index is 13.5. The van der Waals surface area contributed by atoms with E-state index in [4.69, 9.17) is 18.9 Å². The Bertz CT molecular complexity index is 798. The molecule has 2 fully saturated rings. The van der Waals surface area contributed by atoms with Crippen LogP contribution < -0.4 is 9.47 Å². The zero-order valence-corrected chi connectivity index (χ0v) is 26.3. The summed E-state index contributed by atoms with van der Waals surface area (Å²) < 4.78 is 34.2. The summed E-state index contributed by atoms with van der Waals surface area (Å²) in [6.45, 7) is 21.8. The van der Waals surface area contributed by atoms with Crippen molar-refractivity contribution < 1.29 is 23.3 Å². The van der Waals surface area contributed by atoms with Gasteiger partial charge in [0.05, 0.1) is 14.2 Å². The van der Waals surface area contributed by atoms with Crippen molar-refractivity contribution in [1.29, 1.82) is 0 Å². The van der Waals surface area contributed by atoms with Crippen molar-refractivity contribution in [3.8, 4) is 11.5 Å². The van der Waals surface area contributed by atoms with Crippen LogP contribution in [-0.4, -0.2) is 40.6 Å². The van der Waals surface area contributed by atoms with Gasteiger partial charge in [0.2, 0.25) is 0 Å². The lowest BCUT2D eigenvalue weighted by atomic mass is 9.90. The Balaban J connectivity index is 0. The van der Waals surface area contributed by atoms with Crippen LogP contribution in [0.4, 0.5) is 4.39 Å². The van der Waals surface area contributed by atoms with Crippen molar-refractivity contribution in [2.45, 2.75) is 93.9 Å². The molecular weight excluding hydrogens is 479 g/mol. The molecule has 5 heteroatoms. The summed E-state index contributed by atoms with van der Waals surface area (Å²) in [4.78, 5) is 0. The summed E-state index contributed by atoms with van der Waals surface area (Å²) in [6.07, 6.45) is 4.42. The van der Waals surface area contributed by atoms with Gasteiger partial charge >= 0.3 is 0 Å². The van der Waals surface area contributed by atoms with E-state index in [2.05, 4.69) is 6.92 Å². The topological polar surface area (TPSA) is 36.9 Å². The molecule has 2 heterocycles. The first-order valence-corrected chi connectivity index (χ1v) is 14.5. The third-order valence-electron chi connectivity index (χ3n) is 5.92. The average molecular weight is 537 g/mol. The molecule has 0 bridgehead atoms. The standard InChI is InChI=1S/C12H15FO.C9H12O2.C6H12O.3C2H6/c1-9-2-3-12(13)11(8-9)10-4-6-14-7-5-10;1-7-5-4-6-8(10-2)9(7)11-3;1-6-2-4-7-5-3-6;3*1-2/h2-3,8,10H,4-7H2,1H3;4-6H,1-3H3;6H,2-5H2,1H3;3*1-2H3. The van der Waals surface area contributed by atoms with Crippen molar-refractivity contribution in [2.75, 3.05) is 40.6 Å². The molecule has 220 valence electrons. The molecule has 2 aliphatic heterocycles. The molecule has 2 aromatic carbocycles. The lowest BCUT2D eigenvalue weighted by Crippen LogP contribution is -2.15. The summed E-state index contributed by atoms with van der Waals surface area (Å²) in [5, 5.41) is 0. The minimum atomic E-state index is -0.0671. The average Bonchev–Trinajstić information content (AvgIpc) is 2.99. The van der Waals surface area contributed by atoms with Crippen LogP contribution in [0.25, 0.3) is 0 Å². The predicted molar refractivity (Wildman–Crippen MR) is 161 cm³/mol. The van der Waals surface area contributed by atoms with Gasteiger partial charge in [0, 0.05) is 26.4 Å². The van der Waals surface area contributed by atoms with Crippen LogP contribution in [0.1, 0.15) is 96.8 Å². The molecule has 2 aromatic rings. The molecule has 4 nitrogen and oxygen atoms in total. The first-order chi connectivity index (χ1) is 18.5. The van der Waals surface area contributed by atoms with Crippen molar-refractivity contribution in [2.24, 2.45) is 5.92 Å². The van der Waals surface area contributed by atoms with E-state index in [0.717, 1.165) is 73.4 Å². The van der Waals surface area contributed by atoms with Crippen molar-refractivity contribution >= 4 is 0 Å². The highest BCUT2D eigenvalue weighted by Gasteiger charge is 2.18. The monoisotopic (exact) mass is 536 g/mol. The van der Waals surface area contributed by atoms with Crippen LogP contribution in [0.15, 0.2) is 36.4 Å². The van der Waals surface area contributed by atoms with Crippen molar-refractivity contribution in [1.82, 2.24) is 0 Å². The van der Waals surface area contributed by atoms with Gasteiger partial charge in [-0.2, -0.15) is 0 Å². The van der Waals surface area contributed by atoms with Gasteiger partial charge in [-0.1, -0.05) is 78.3 Å². The molecule has 0 radical (unpaired) electrons. The highest BCUT2D eigenvalue weighted by Crippen LogP contribution is 2.30. The van der Waals surface area contributed by atoms with E-state index < -0.39 is 0 Å². The fraction of sp³-hybridized carbons (Fsp3) is 0.636. The molecule has 0 N–H and O–H groups in total. The van der Waals surface area contributed by atoms with Crippen molar-refractivity contribution in [3.05, 3.63) is 58.9 Å². The Kier molecular flexibility index (Phi) is 25.2. The Morgan fingerprint density at radius 1 is 0.737 bits per heavy atom. The van der Waals surface area contributed by atoms with E-state index >= 15 is 0 Å². The van der Waals surface area contributed by atoms with E-state index in [1.807, 2.05) is 85.7 Å². The molecule has 4 rings (SSSR count). The van der Waals surface area contributed by atoms with Crippen LogP contribution >= 0.6 is 0 Å². The molecule has 0 spiro atoms. The van der Waals surface area contributed by atoms with Gasteiger partial charge in [0.1, 0.15) is 5.82 Å². The first-order valence-electron chi connectivity index (χ1n) is 14.5. The summed E-state index contributed by atoms with van der Waals surface area (Å²) in [5.74, 6) is 2.79. The van der Waals surface area contributed by atoms with Gasteiger partial charge in [0.25, 0.3) is 0 Å². The lowest BCUT2D eigenvalue weighted by molar-refractivity contribution is 0.0716. The molecular formula is C33H57FO4. The highest BCUT2D eigenvalue weighted by molar-refractivity contribution is 5.45. The van der Waals surface area contributed by atoms with Gasteiger partial charge in [-0.25, -0.2) is 4.39 Å². The van der Waals surface area contributed by atoms with E-state index in [0.29, 0.717) is 5.92 Å². The Morgan fingerprint density at radius 2 is 1.26 bits per heavy atom. The van der Waals surface area contributed by atoms with Crippen LogP contribution in [0.5, 0.6) is 11.5 Å². The first kappa shape index (κ1) is 38.0. The second kappa shape index (κ2) is 25.2. The number of hydrogen-bond donors (Lipinski definition) is 0. The number of halogens is 1. The molecule has 0 unspecified atom stereocenters. The Hall–Kier alpha value is -2.11. The minimum Gasteiger partial charge on any atom is -0.493 e. The second-order valence-corrected chi connectivity index (χ2v) is 8.52. The summed E-state index contributed by atoms with van der Waals surface area (Å²) >= 11 is 0. The maximum Gasteiger partial charge on any atom is 0.163 e. The third-order valence-corrected chi connectivity index (χ3v) is 5.92. The summed E-state index contributed by atoms with van der Waals surface area (Å²) in [6, 6.07) is 11.2. The number of methoxy groups -OCH3 is 2. The number of benzene rings is 2. The number of hydrogen-bond acceptors (Lipinski definition) is 4. The summed E-state index contributed by atoms with van der Waals surface area (Å²) in [7, 11) is 3.28. The van der Waals surface area contributed by atoms with Crippen LogP contribution in [0.2, 0.25) is 0 Å². The number of rotatable bonds is 3. The number of para-hydroxylation sites is 1. The molecule has 0 amide bonds. The molecule has 0 saturated carbocycles. The molecule has 38 heavy (non-hydrogen) atoms. The minimum absolute atomic E-state index is 0.0671. The van der Waals surface area contributed by atoms with E-state index in [1.165, 1.54) is 12.8 Å². The molecule has 2 saturated heterocycles. The zero-order valence-electron chi connectivity index (χ0n) is 26.3.